The number of alkyl halides is 3. The van der Waals surface area contributed by atoms with Gasteiger partial charge in [-0.2, -0.15) is 13.2 Å². The maximum Gasteiger partial charge on any atom is 0.416 e. The zero-order chi connectivity index (χ0) is 25.7. The minimum absolute atomic E-state index is 0.0115. The number of hydrogen-bond acceptors (Lipinski definition) is 6. The van der Waals surface area contributed by atoms with Crippen LogP contribution in [0.2, 0.25) is 5.15 Å². The van der Waals surface area contributed by atoms with Gasteiger partial charge in [0.15, 0.2) is 5.16 Å². The molecule has 0 bridgehead atoms. The standard InChI is InChI=1S/C24H27ClF3N5O2S/c25-19-13-20(32-8-10-33(11-9-32)22(35)17-5-1-2-6-17)31-23(30-19)36-15-21(34)29-14-16-4-3-7-18(12-16)24(26,27)28/h3-4,7,12-13,17H,1-2,5-6,8-11,14-15H2,(H,29,34). The molecular formula is C24H27ClF3N5O2S. The zero-order valence-corrected chi connectivity index (χ0v) is 21.1. The Morgan fingerprint density at radius 1 is 1.08 bits per heavy atom. The highest BCUT2D eigenvalue weighted by atomic mass is 35.5. The third-order valence-electron chi connectivity index (χ3n) is 6.36. The monoisotopic (exact) mass is 541 g/mol. The molecule has 2 heterocycles. The molecule has 2 aliphatic rings. The lowest BCUT2D eigenvalue weighted by atomic mass is 10.1. The van der Waals surface area contributed by atoms with Crippen LogP contribution in [-0.4, -0.2) is 58.6 Å². The number of nitrogens with zero attached hydrogens (tertiary/aromatic N) is 4. The molecule has 0 atom stereocenters. The molecule has 1 aliphatic heterocycles. The van der Waals surface area contributed by atoms with Crippen molar-refractivity contribution >= 4 is 41.0 Å². The van der Waals surface area contributed by atoms with Gasteiger partial charge in [0.1, 0.15) is 11.0 Å². The summed E-state index contributed by atoms with van der Waals surface area (Å²) in [5.74, 6) is 0.673. The number of carbonyl (C=O) groups is 2. The summed E-state index contributed by atoms with van der Waals surface area (Å²) >= 11 is 7.29. The van der Waals surface area contributed by atoms with Crippen LogP contribution in [0.1, 0.15) is 36.8 Å². The van der Waals surface area contributed by atoms with E-state index < -0.39 is 11.7 Å². The van der Waals surface area contributed by atoms with Crippen molar-refractivity contribution in [3.63, 3.8) is 0 Å². The molecule has 7 nitrogen and oxygen atoms in total. The molecule has 1 N–H and O–H groups in total. The first-order chi connectivity index (χ1) is 17.2. The third-order valence-corrected chi connectivity index (χ3v) is 7.40. The van der Waals surface area contributed by atoms with Crippen LogP contribution in [-0.2, 0) is 22.3 Å². The van der Waals surface area contributed by atoms with E-state index >= 15 is 0 Å². The molecule has 12 heteroatoms. The van der Waals surface area contributed by atoms with Crippen LogP contribution in [0.25, 0.3) is 0 Å². The second-order valence-electron chi connectivity index (χ2n) is 8.89. The maximum absolute atomic E-state index is 12.9. The van der Waals surface area contributed by atoms with Gasteiger partial charge in [-0.3, -0.25) is 9.59 Å². The summed E-state index contributed by atoms with van der Waals surface area (Å²) in [5, 5.41) is 3.19. The molecule has 36 heavy (non-hydrogen) atoms. The van der Waals surface area contributed by atoms with Crippen LogP contribution in [0.3, 0.4) is 0 Å². The Bertz CT molecular complexity index is 1090. The van der Waals surface area contributed by atoms with Crippen molar-refractivity contribution in [1.82, 2.24) is 20.2 Å². The van der Waals surface area contributed by atoms with E-state index in [4.69, 9.17) is 11.6 Å². The van der Waals surface area contributed by atoms with Crippen molar-refractivity contribution in [2.24, 2.45) is 5.92 Å². The Morgan fingerprint density at radius 2 is 1.81 bits per heavy atom. The molecule has 1 saturated heterocycles. The molecule has 1 aliphatic carbocycles. The van der Waals surface area contributed by atoms with Gasteiger partial charge in [-0.05, 0) is 30.5 Å². The van der Waals surface area contributed by atoms with Gasteiger partial charge in [-0.15, -0.1) is 0 Å². The highest BCUT2D eigenvalue weighted by molar-refractivity contribution is 7.99. The number of rotatable bonds is 7. The van der Waals surface area contributed by atoms with Crippen LogP contribution >= 0.6 is 23.4 Å². The normalized spacial score (nSPS) is 16.9. The van der Waals surface area contributed by atoms with Crippen molar-refractivity contribution in [2.75, 3.05) is 36.8 Å². The van der Waals surface area contributed by atoms with Crippen molar-refractivity contribution in [3.8, 4) is 0 Å². The highest BCUT2D eigenvalue weighted by Gasteiger charge is 2.31. The molecule has 0 unspecified atom stereocenters. The van der Waals surface area contributed by atoms with E-state index in [-0.39, 0.29) is 35.2 Å². The van der Waals surface area contributed by atoms with E-state index in [1.54, 1.807) is 6.07 Å². The van der Waals surface area contributed by atoms with Crippen LogP contribution in [0.5, 0.6) is 0 Å². The minimum Gasteiger partial charge on any atom is -0.353 e. The van der Waals surface area contributed by atoms with E-state index in [2.05, 4.69) is 15.3 Å². The van der Waals surface area contributed by atoms with E-state index in [9.17, 15) is 22.8 Å². The molecular weight excluding hydrogens is 515 g/mol. The first-order valence-corrected chi connectivity index (χ1v) is 13.2. The van der Waals surface area contributed by atoms with Gasteiger partial charge in [-0.25, -0.2) is 9.97 Å². The van der Waals surface area contributed by atoms with Gasteiger partial charge >= 0.3 is 6.18 Å². The first kappa shape index (κ1) is 26.5. The van der Waals surface area contributed by atoms with Crippen LogP contribution in [0, 0.1) is 5.92 Å². The van der Waals surface area contributed by atoms with Crippen LogP contribution in [0.15, 0.2) is 35.5 Å². The predicted molar refractivity (Wildman–Crippen MR) is 132 cm³/mol. The lowest BCUT2D eigenvalue weighted by Gasteiger charge is -2.36. The van der Waals surface area contributed by atoms with Gasteiger partial charge < -0.3 is 15.1 Å². The average molecular weight is 542 g/mol. The Kier molecular flexibility index (Phi) is 8.61. The number of aromatic nitrogens is 2. The van der Waals surface area contributed by atoms with Gasteiger partial charge in [0.05, 0.1) is 11.3 Å². The summed E-state index contributed by atoms with van der Waals surface area (Å²) in [6.07, 6.45) is -0.224. The number of thioether (sulfide) groups is 1. The fourth-order valence-corrected chi connectivity index (χ4v) is 5.35. The minimum atomic E-state index is -4.43. The smallest absolute Gasteiger partial charge is 0.353 e. The van der Waals surface area contributed by atoms with Crippen LogP contribution < -0.4 is 10.2 Å². The number of halogens is 4. The fourth-order valence-electron chi connectivity index (χ4n) is 4.44. The van der Waals surface area contributed by atoms with Gasteiger partial charge in [0.2, 0.25) is 11.8 Å². The summed E-state index contributed by atoms with van der Waals surface area (Å²) in [6.45, 7) is 2.49. The van der Waals surface area contributed by atoms with Crippen molar-refractivity contribution < 1.29 is 22.8 Å². The summed E-state index contributed by atoms with van der Waals surface area (Å²) in [4.78, 5) is 37.6. The molecule has 4 rings (SSSR count). The molecule has 2 amide bonds. The summed E-state index contributed by atoms with van der Waals surface area (Å²) < 4.78 is 38.6. The van der Waals surface area contributed by atoms with E-state index in [1.165, 1.54) is 12.1 Å². The molecule has 1 aromatic carbocycles. The Labute approximate surface area is 216 Å². The first-order valence-electron chi connectivity index (χ1n) is 11.8. The lowest BCUT2D eigenvalue weighted by molar-refractivity contribution is -0.137. The molecule has 0 spiro atoms. The number of carbonyl (C=O) groups excluding carboxylic acids is 2. The summed E-state index contributed by atoms with van der Waals surface area (Å²) in [7, 11) is 0. The zero-order valence-electron chi connectivity index (χ0n) is 19.6. The predicted octanol–water partition coefficient (Wildman–Crippen LogP) is 4.40. The number of anilines is 1. The average Bonchev–Trinajstić information content (AvgIpc) is 3.40. The van der Waals surface area contributed by atoms with Crippen molar-refractivity contribution in [2.45, 2.75) is 43.6 Å². The summed E-state index contributed by atoms with van der Waals surface area (Å²) in [6, 6.07) is 6.50. The summed E-state index contributed by atoms with van der Waals surface area (Å²) in [5.41, 5.74) is -0.401. The number of amides is 2. The van der Waals surface area contributed by atoms with Gasteiger partial charge in [0, 0.05) is 44.7 Å². The number of piperazine rings is 1. The third kappa shape index (κ3) is 7.03. The SMILES string of the molecule is O=C(CSc1nc(Cl)cc(N2CCN(C(=O)C3CCCC3)CC2)n1)NCc1cccc(C(F)(F)F)c1. The second-order valence-corrected chi connectivity index (χ2v) is 10.2. The Morgan fingerprint density at radius 3 is 2.50 bits per heavy atom. The second kappa shape index (κ2) is 11.7. The quantitative estimate of drug-likeness (QED) is 0.318. The molecule has 2 fully saturated rings. The van der Waals surface area contributed by atoms with Gasteiger partial charge in [-0.1, -0.05) is 48.3 Å². The fraction of sp³-hybridized carbons (Fsp3) is 0.500. The molecule has 1 saturated carbocycles. The number of benzene rings is 1. The Hall–Kier alpha value is -2.53. The topological polar surface area (TPSA) is 78.4 Å². The van der Waals surface area contributed by atoms with E-state index in [0.717, 1.165) is 49.6 Å². The Balaban J connectivity index is 1.27. The lowest BCUT2D eigenvalue weighted by Crippen LogP contribution is -2.50. The van der Waals surface area contributed by atoms with E-state index in [1.807, 2.05) is 9.80 Å². The molecule has 1 aromatic heterocycles. The number of hydrogen-bond donors (Lipinski definition) is 1. The molecule has 194 valence electrons. The highest BCUT2D eigenvalue weighted by Crippen LogP contribution is 2.30. The van der Waals surface area contributed by atoms with Gasteiger partial charge in [0.25, 0.3) is 0 Å². The number of nitrogens with one attached hydrogen (secondary N) is 1. The van der Waals surface area contributed by atoms with Crippen molar-refractivity contribution in [1.29, 1.82) is 0 Å². The molecule has 2 aromatic rings. The van der Waals surface area contributed by atoms with Crippen molar-refractivity contribution in [3.05, 3.63) is 46.6 Å². The maximum atomic E-state index is 12.9. The molecule has 0 radical (unpaired) electrons. The largest absolute Gasteiger partial charge is 0.416 e. The van der Waals surface area contributed by atoms with E-state index in [0.29, 0.717) is 42.7 Å². The van der Waals surface area contributed by atoms with Crippen LogP contribution in [0.4, 0.5) is 19.0 Å².